The van der Waals surface area contributed by atoms with Gasteiger partial charge in [-0.25, -0.2) is 9.97 Å². The van der Waals surface area contributed by atoms with Gasteiger partial charge in [0.25, 0.3) is 0 Å². The van der Waals surface area contributed by atoms with E-state index in [9.17, 15) is 0 Å². The second-order valence-corrected chi connectivity index (χ2v) is 18.0. The molecule has 0 atom stereocenters. The number of hydrogen-bond donors (Lipinski definition) is 0. The average Bonchev–Trinajstić information content (AvgIpc) is 3.92. The molecule has 2 heterocycles. The molecule has 2 aromatic heterocycles. The van der Waals surface area contributed by atoms with Crippen molar-refractivity contribution in [2.45, 2.75) is 5.41 Å². The summed E-state index contributed by atoms with van der Waals surface area (Å²) >= 11 is 0. The third-order valence-electron chi connectivity index (χ3n) is 14.3. The normalized spacial score (nSPS) is 12.8. The number of aromatic nitrogens is 2. The molecule has 3 heteroatoms. The maximum Gasteiger partial charge on any atom is 0.160 e. The summed E-state index contributed by atoms with van der Waals surface area (Å²) in [6.07, 6.45) is 0. The summed E-state index contributed by atoms with van der Waals surface area (Å²) in [5.74, 6) is 0.639. The van der Waals surface area contributed by atoms with Crippen molar-refractivity contribution >= 4 is 21.9 Å². The lowest BCUT2D eigenvalue weighted by atomic mass is 9.66. The predicted octanol–water partition coefficient (Wildman–Crippen LogP) is 16.7. The lowest BCUT2D eigenvalue weighted by Gasteiger charge is -2.35. The molecule has 0 saturated carbocycles. The molecule has 10 aromatic carbocycles. The first-order valence-electron chi connectivity index (χ1n) is 23.3. The van der Waals surface area contributed by atoms with Crippen LogP contribution in [0.15, 0.2) is 247 Å². The molecular formula is C65H40N2O. The van der Waals surface area contributed by atoms with Crippen LogP contribution in [0.2, 0.25) is 0 Å². The Balaban J connectivity index is 1.05. The highest BCUT2D eigenvalue weighted by molar-refractivity contribution is 6.09. The maximum atomic E-state index is 6.69. The summed E-state index contributed by atoms with van der Waals surface area (Å²) in [6, 6.07) is 87.7. The number of para-hydroxylation sites is 2. The number of rotatable bonds is 5. The van der Waals surface area contributed by atoms with E-state index >= 15 is 0 Å². The number of furan rings is 1. The highest BCUT2D eigenvalue weighted by atomic mass is 16.3. The molecular weight excluding hydrogens is 825 g/mol. The zero-order valence-corrected chi connectivity index (χ0v) is 36.9. The monoisotopic (exact) mass is 864 g/mol. The van der Waals surface area contributed by atoms with Crippen molar-refractivity contribution in [1.29, 1.82) is 0 Å². The molecule has 0 aliphatic heterocycles. The molecule has 0 N–H and O–H groups in total. The van der Waals surface area contributed by atoms with Crippen LogP contribution in [0.4, 0.5) is 0 Å². The van der Waals surface area contributed by atoms with Gasteiger partial charge in [0.05, 0.1) is 16.8 Å². The van der Waals surface area contributed by atoms with Gasteiger partial charge in [0.2, 0.25) is 0 Å². The third-order valence-corrected chi connectivity index (χ3v) is 14.3. The van der Waals surface area contributed by atoms with Crippen molar-refractivity contribution < 1.29 is 4.42 Å². The van der Waals surface area contributed by atoms with Crippen LogP contribution in [0.3, 0.4) is 0 Å². The number of fused-ring (bicyclic) bond motifs is 15. The smallest absolute Gasteiger partial charge is 0.160 e. The van der Waals surface area contributed by atoms with Crippen LogP contribution in [0.25, 0.3) is 111 Å². The van der Waals surface area contributed by atoms with Crippen LogP contribution in [0.1, 0.15) is 22.3 Å². The average molecular weight is 865 g/mol. The van der Waals surface area contributed by atoms with Gasteiger partial charge in [0.15, 0.2) is 5.82 Å². The van der Waals surface area contributed by atoms with E-state index in [0.29, 0.717) is 5.82 Å². The Kier molecular flexibility index (Phi) is 8.50. The quantitative estimate of drug-likeness (QED) is 0.173. The van der Waals surface area contributed by atoms with Crippen molar-refractivity contribution in [1.82, 2.24) is 9.97 Å². The van der Waals surface area contributed by atoms with E-state index in [4.69, 9.17) is 14.4 Å². The lowest BCUT2D eigenvalue weighted by molar-refractivity contribution is 0.670. The van der Waals surface area contributed by atoms with Crippen molar-refractivity contribution in [2.24, 2.45) is 0 Å². The van der Waals surface area contributed by atoms with Gasteiger partial charge in [-0.3, -0.25) is 0 Å². The third kappa shape index (κ3) is 5.72. The van der Waals surface area contributed by atoms with Gasteiger partial charge in [-0.15, -0.1) is 0 Å². The minimum absolute atomic E-state index is 0.576. The first-order chi connectivity index (χ1) is 33.7. The number of hydrogen-bond acceptors (Lipinski definition) is 3. The van der Waals surface area contributed by atoms with Crippen molar-refractivity contribution in [3.8, 4) is 89.5 Å². The molecule has 2 aliphatic carbocycles. The Morgan fingerprint density at radius 1 is 0.279 bits per heavy atom. The van der Waals surface area contributed by atoms with Gasteiger partial charge in [-0.2, -0.15) is 0 Å². The standard InChI is InChI=1S/C65H40N2O/c1-3-18-41(19-4-1)44-36-45(42-20-5-2-6-21-42)38-46(37-44)60-40-61(54-29-17-28-53-52-27-12-16-33-62(52)68-63(53)54)67-64(66-60)43-34-35-59-55(39-43)48-23-8-7-22-47(48)49-24-9-13-30-56(49)65(59)57-31-14-10-25-50(57)51-26-11-15-32-58(51)65/h1-40H. The summed E-state index contributed by atoms with van der Waals surface area (Å²) in [4.78, 5) is 11.1. The van der Waals surface area contributed by atoms with Crippen LogP contribution in [-0.4, -0.2) is 9.97 Å². The van der Waals surface area contributed by atoms with Crippen molar-refractivity contribution in [3.63, 3.8) is 0 Å². The van der Waals surface area contributed by atoms with Gasteiger partial charge in [-0.05, 0) is 120 Å². The fourth-order valence-electron chi connectivity index (χ4n) is 11.4. The van der Waals surface area contributed by atoms with E-state index in [2.05, 4.69) is 231 Å². The van der Waals surface area contributed by atoms with Gasteiger partial charge in [-0.1, -0.05) is 200 Å². The summed E-state index contributed by atoms with van der Waals surface area (Å²) < 4.78 is 6.69. The molecule has 68 heavy (non-hydrogen) atoms. The second kappa shape index (κ2) is 15.1. The second-order valence-electron chi connectivity index (χ2n) is 18.0. The molecule has 1 spiro atoms. The van der Waals surface area contributed by atoms with E-state index in [1.54, 1.807) is 0 Å². The molecule has 0 fully saturated rings. The lowest BCUT2D eigenvalue weighted by Crippen LogP contribution is -2.29. The minimum Gasteiger partial charge on any atom is -0.455 e. The highest BCUT2D eigenvalue weighted by Crippen LogP contribution is 2.61. The Labute approximate surface area is 394 Å². The molecule has 12 aromatic rings. The molecule has 2 aliphatic rings. The molecule has 316 valence electrons. The molecule has 0 unspecified atom stereocenters. The highest BCUT2D eigenvalue weighted by Gasteiger charge is 2.49. The first-order valence-corrected chi connectivity index (χ1v) is 23.3. The predicted molar refractivity (Wildman–Crippen MR) is 278 cm³/mol. The zero-order valence-electron chi connectivity index (χ0n) is 36.9. The molecule has 0 amide bonds. The summed E-state index contributed by atoms with van der Waals surface area (Å²) in [5, 5.41) is 2.14. The van der Waals surface area contributed by atoms with Crippen LogP contribution in [0, 0.1) is 0 Å². The van der Waals surface area contributed by atoms with Crippen LogP contribution < -0.4 is 0 Å². The fraction of sp³-hybridized carbons (Fsp3) is 0.0154. The Bertz CT molecular complexity index is 3870. The van der Waals surface area contributed by atoms with E-state index < -0.39 is 5.41 Å². The van der Waals surface area contributed by atoms with Crippen LogP contribution in [0.5, 0.6) is 0 Å². The maximum absolute atomic E-state index is 6.69. The number of nitrogens with zero attached hydrogens (tertiary/aromatic N) is 2. The molecule has 0 saturated heterocycles. The Morgan fingerprint density at radius 3 is 1.40 bits per heavy atom. The summed E-state index contributed by atoms with van der Waals surface area (Å²) in [6.45, 7) is 0. The van der Waals surface area contributed by atoms with E-state index in [1.165, 1.54) is 50.1 Å². The SMILES string of the molecule is c1ccc(-c2cc(-c3ccccc3)cc(-c3cc(-c4cccc5c4oc4ccccc45)nc(-c4ccc5c(c4)-c4ccccc4-c4ccccc4C54c5ccccc5-c5ccccc54)n3)c2)cc1. The van der Waals surface area contributed by atoms with Gasteiger partial charge in [0, 0.05) is 27.5 Å². The van der Waals surface area contributed by atoms with Crippen molar-refractivity contribution in [3.05, 3.63) is 265 Å². The van der Waals surface area contributed by atoms with Gasteiger partial charge in [0.1, 0.15) is 11.2 Å². The van der Waals surface area contributed by atoms with Gasteiger partial charge < -0.3 is 4.42 Å². The summed E-state index contributed by atoms with van der Waals surface area (Å²) in [7, 11) is 0. The molecule has 3 nitrogen and oxygen atoms in total. The number of benzene rings is 10. The zero-order chi connectivity index (χ0) is 44.8. The van der Waals surface area contributed by atoms with Crippen molar-refractivity contribution in [2.75, 3.05) is 0 Å². The van der Waals surface area contributed by atoms with Crippen LogP contribution in [-0.2, 0) is 5.41 Å². The molecule has 0 bridgehead atoms. The topological polar surface area (TPSA) is 38.9 Å². The largest absolute Gasteiger partial charge is 0.455 e. The van der Waals surface area contributed by atoms with E-state index in [1.807, 2.05) is 12.1 Å². The van der Waals surface area contributed by atoms with E-state index in [-0.39, 0.29) is 0 Å². The molecule has 0 radical (unpaired) electrons. The molecule has 14 rings (SSSR count). The van der Waals surface area contributed by atoms with Gasteiger partial charge >= 0.3 is 0 Å². The fourth-order valence-corrected chi connectivity index (χ4v) is 11.4. The Hall–Kier alpha value is -8.92. The summed E-state index contributed by atoms with van der Waals surface area (Å²) in [5.41, 5.74) is 22.5. The Morgan fingerprint density at radius 2 is 0.750 bits per heavy atom. The van der Waals surface area contributed by atoms with E-state index in [0.717, 1.165) is 77.8 Å². The van der Waals surface area contributed by atoms with Crippen LogP contribution >= 0.6 is 0 Å². The first kappa shape index (κ1) is 38.4. The minimum atomic E-state index is -0.576.